The van der Waals surface area contributed by atoms with Crippen molar-refractivity contribution in [3.8, 4) is 0 Å². The normalized spacial score (nSPS) is 23.6. The van der Waals surface area contributed by atoms with Gasteiger partial charge in [-0.15, -0.1) is 0 Å². The lowest BCUT2D eigenvalue weighted by Gasteiger charge is -2.27. The summed E-state index contributed by atoms with van der Waals surface area (Å²) in [4.78, 5) is 146. The summed E-state index contributed by atoms with van der Waals surface area (Å²) < 4.78 is 25.4. The van der Waals surface area contributed by atoms with Crippen LogP contribution in [-0.2, 0) is 82.8 Å². The summed E-state index contributed by atoms with van der Waals surface area (Å²) in [5.41, 5.74) is 1.35. The van der Waals surface area contributed by atoms with E-state index in [0.717, 1.165) is 24.3 Å². The van der Waals surface area contributed by atoms with Gasteiger partial charge in [0.25, 0.3) is 5.91 Å². The number of rotatable bonds is 15. The third-order valence-electron chi connectivity index (χ3n) is 11.7. The van der Waals surface area contributed by atoms with Crippen LogP contribution in [0, 0.1) is 23.7 Å². The number of hydrogen-bond donors (Lipinski definition) is 6. The van der Waals surface area contributed by atoms with E-state index in [2.05, 4.69) is 38.5 Å². The fourth-order valence-electron chi connectivity index (χ4n) is 7.19. The number of benzene rings is 1. The lowest BCUT2D eigenvalue weighted by atomic mass is 9.94. The van der Waals surface area contributed by atoms with Crippen molar-refractivity contribution in [3.05, 3.63) is 72.0 Å². The number of nitrogens with zero attached hydrogens (tertiary/aromatic N) is 1. The highest BCUT2D eigenvalue weighted by Gasteiger charge is 2.37. The molecule has 74 heavy (non-hydrogen) atoms. The summed E-state index contributed by atoms with van der Waals surface area (Å²) in [5.74, 6) is -13.1. The van der Waals surface area contributed by atoms with Gasteiger partial charge in [0.2, 0.25) is 49.0 Å². The van der Waals surface area contributed by atoms with Crippen LogP contribution in [0.15, 0.2) is 66.4 Å². The molecule has 0 aromatic heterocycles. The topological polar surface area (TPSA) is 309 Å². The van der Waals surface area contributed by atoms with Gasteiger partial charge in [0.05, 0.1) is 30.5 Å². The predicted molar refractivity (Wildman–Crippen MR) is 266 cm³/mol. The van der Waals surface area contributed by atoms with Gasteiger partial charge in [0, 0.05) is 40.3 Å². The van der Waals surface area contributed by atoms with Gasteiger partial charge in [-0.3, -0.25) is 43.2 Å². The van der Waals surface area contributed by atoms with E-state index in [1.54, 1.807) is 34.0 Å². The number of ether oxygens (including phenoxy) is 5. The van der Waals surface area contributed by atoms with Gasteiger partial charge < -0.3 is 60.5 Å². The van der Waals surface area contributed by atoms with Crippen LogP contribution in [-0.4, -0.2) is 141 Å². The zero-order chi connectivity index (χ0) is 55.8. The molecule has 1 fully saturated rings. The minimum atomic E-state index is -1.79. The van der Waals surface area contributed by atoms with Crippen molar-refractivity contribution >= 4 is 65.2 Å². The first kappa shape index (κ1) is 62.7. The zero-order valence-corrected chi connectivity index (χ0v) is 44.0. The van der Waals surface area contributed by atoms with Crippen molar-refractivity contribution in [2.75, 3.05) is 34.3 Å². The Hall–Kier alpha value is -7.43. The fraction of sp³-hybridized carbons (Fsp3) is 0.549. The number of nitrogens with one attached hydrogen (secondary N) is 6. The molecule has 0 radical (unpaired) electrons. The molecule has 0 saturated carbocycles. The Morgan fingerprint density at radius 2 is 1.36 bits per heavy atom. The maximum atomic E-state index is 14.1. The highest BCUT2D eigenvalue weighted by atomic mass is 16.7. The van der Waals surface area contributed by atoms with E-state index in [-0.39, 0.29) is 24.4 Å². The molecule has 1 aliphatic rings. The highest BCUT2D eigenvalue weighted by molar-refractivity contribution is 6.00. The Morgan fingerprint density at radius 3 is 1.95 bits per heavy atom. The monoisotopic (exact) mass is 1040 g/mol. The van der Waals surface area contributed by atoms with Crippen molar-refractivity contribution in [2.24, 2.45) is 23.7 Å². The second kappa shape index (κ2) is 31.2. The van der Waals surface area contributed by atoms with Gasteiger partial charge in [-0.05, 0) is 44.6 Å². The molecule has 1 aromatic rings. The first-order valence-electron chi connectivity index (χ1n) is 24.0. The third-order valence-corrected chi connectivity index (χ3v) is 11.7. The van der Waals surface area contributed by atoms with E-state index in [1.807, 2.05) is 43.3 Å². The van der Waals surface area contributed by atoms with E-state index < -0.39 is 146 Å². The summed E-state index contributed by atoms with van der Waals surface area (Å²) in [6.45, 7) is 14.6. The minimum absolute atomic E-state index is 0.00187. The largest absolute Gasteiger partial charge is 0.428 e. The molecule has 1 saturated heterocycles. The number of likely N-dealkylation sites (N-methyl/N-ethyl adjacent to an activating group) is 1. The predicted octanol–water partition coefficient (Wildman–Crippen LogP) is 1.15. The summed E-state index contributed by atoms with van der Waals surface area (Å²) in [6.07, 6.45) is 4.62. The van der Waals surface area contributed by atoms with Crippen LogP contribution in [0.25, 0.3) is 0 Å². The molecular formula is C51H73N7O16. The number of esters is 4. The van der Waals surface area contributed by atoms with E-state index in [9.17, 15) is 52.7 Å². The van der Waals surface area contributed by atoms with Crippen molar-refractivity contribution in [1.29, 1.82) is 0 Å². The van der Waals surface area contributed by atoms with Gasteiger partial charge in [-0.25, -0.2) is 9.59 Å². The van der Waals surface area contributed by atoms with Crippen molar-refractivity contribution < 1.29 is 76.4 Å². The van der Waals surface area contributed by atoms with E-state index in [1.165, 1.54) is 33.9 Å². The maximum Gasteiger partial charge on any atom is 0.332 e. The van der Waals surface area contributed by atoms with Gasteiger partial charge in [0.15, 0.2) is 0 Å². The average molecular weight is 1040 g/mol. The van der Waals surface area contributed by atoms with Crippen LogP contribution < -0.4 is 31.9 Å². The zero-order valence-electron chi connectivity index (χ0n) is 44.0. The van der Waals surface area contributed by atoms with Crippen LogP contribution in [0.3, 0.4) is 0 Å². The minimum Gasteiger partial charge on any atom is -0.428 e. The molecule has 0 bridgehead atoms. The molecule has 23 nitrogen and oxygen atoms in total. The van der Waals surface area contributed by atoms with Crippen molar-refractivity contribution in [2.45, 2.75) is 124 Å². The Labute approximate surface area is 431 Å². The second-order valence-electron chi connectivity index (χ2n) is 18.3. The van der Waals surface area contributed by atoms with E-state index in [0.29, 0.717) is 12.0 Å². The molecule has 0 unspecified atom stereocenters. The molecule has 1 aliphatic heterocycles. The standard InChI is InChI=1S/C51H73N7O16/c1-28(2)22-40-49(67)57-44(51(69)74-27-72-36(10)60)32(6)45(63)52-25-42(61)54-38(19-18-29(3)23-30(4)41(70-12)24-37-16-14-13-15-17-37)31(5)46(64)55-39(50(68)73-26-71-35(9)59)20-21-43(62)58(11)34(8)48(66)53-33(7)47(65)56-40/h13-19,23,28,30-33,38-41,44H,8,20-22,24-27H2,1-7,9-12H3,(H,52,63)(H,53,66)(H,54,61)(H,55,64)(H,56,65)(H,57,67)/b19-18+,29-23+/t30-,31-,32-,33+,38-,39+,40-,41-,44+/m0/s1. The summed E-state index contributed by atoms with van der Waals surface area (Å²) >= 11 is 0. The first-order chi connectivity index (χ1) is 34.7. The van der Waals surface area contributed by atoms with Crippen molar-refractivity contribution in [1.82, 2.24) is 36.8 Å². The molecule has 2 rings (SSSR count). The van der Waals surface area contributed by atoms with Gasteiger partial charge >= 0.3 is 23.9 Å². The number of amides is 7. The molecule has 408 valence electrons. The van der Waals surface area contributed by atoms with Crippen LogP contribution in [0.2, 0.25) is 0 Å². The first-order valence-corrected chi connectivity index (χ1v) is 24.0. The van der Waals surface area contributed by atoms with E-state index in [4.69, 9.17) is 23.7 Å². The number of methoxy groups -OCH3 is 1. The molecule has 1 aromatic carbocycles. The fourth-order valence-corrected chi connectivity index (χ4v) is 7.19. The molecule has 0 spiro atoms. The Kier molecular flexibility index (Phi) is 26.5. The Bertz CT molecular complexity index is 2250. The number of allylic oxidation sites excluding steroid dienone is 2. The van der Waals surface area contributed by atoms with Crippen molar-refractivity contribution in [3.63, 3.8) is 0 Å². The van der Waals surface area contributed by atoms with Gasteiger partial charge in [0.1, 0.15) is 29.9 Å². The summed E-state index contributed by atoms with van der Waals surface area (Å²) in [7, 11) is 2.82. The SMILES string of the molecule is C=C1C(=O)N[C@H](C)C(=O)N[C@@H](CC(C)C)C(=O)N[C@@H](C(=O)OCOC(C)=O)[C@H](C)C(=O)NCC(=O)N[C@@H](/C=C/C(C)=C/[C@H](C)[C@H](Cc2ccccc2)OC)[C@H](C)C(=O)N[C@@H](C(=O)OCOC(C)=O)CCC(=O)N1C. The molecular weight excluding hydrogens is 967 g/mol. The molecule has 0 aliphatic carbocycles. The summed E-state index contributed by atoms with van der Waals surface area (Å²) in [6, 6.07) is 2.55. The third kappa shape index (κ3) is 21.7. The molecule has 7 amide bonds. The smallest absolute Gasteiger partial charge is 0.332 e. The lowest BCUT2D eigenvalue weighted by Crippen LogP contribution is -2.58. The van der Waals surface area contributed by atoms with E-state index >= 15 is 0 Å². The maximum absolute atomic E-state index is 14.1. The van der Waals surface area contributed by atoms with Crippen LogP contribution in [0.5, 0.6) is 0 Å². The highest BCUT2D eigenvalue weighted by Crippen LogP contribution is 2.19. The van der Waals surface area contributed by atoms with Crippen LogP contribution >= 0.6 is 0 Å². The molecule has 9 atom stereocenters. The quantitative estimate of drug-likeness (QED) is 0.0622. The molecule has 23 heteroatoms. The lowest BCUT2D eigenvalue weighted by molar-refractivity contribution is -0.170. The Morgan fingerprint density at radius 1 is 0.757 bits per heavy atom. The van der Waals surface area contributed by atoms with Gasteiger partial charge in [-0.1, -0.05) is 95.3 Å². The molecule has 6 N–H and O–H groups in total. The second-order valence-corrected chi connectivity index (χ2v) is 18.3. The average Bonchev–Trinajstić information content (AvgIpc) is 3.34. The van der Waals surface area contributed by atoms with Crippen LogP contribution in [0.4, 0.5) is 0 Å². The Balaban J connectivity index is 2.69. The molecule has 1 heterocycles. The number of hydrogen-bond acceptors (Lipinski definition) is 16. The van der Waals surface area contributed by atoms with Crippen LogP contribution in [0.1, 0.15) is 87.1 Å². The van der Waals surface area contributed by atoms with Gasteiger partial charge in [-0.2, -0.15) is 0 Å². The number of carbonyl (C=O) groups is 11. The summed E-state index contributed by atoms with van der Waals surface area (Å²) in [5, 5.41) is 15.0. The number of carbonyl (C=O) groups excluding carboxylic acids is 11.